The Hall–Kier alpha value is -1.92. The molecule has 2 fully saturated rings. The van der Waals surface area contributed by atoms with E-state index in [-0.39, 0.29) is 11.3 Å². The van der Waals surface area contributed by atoms with Crippen molar-refractivity contribution >= 4 is 11.8 Å². The molecule has 2 aliphatic heterocycles. The lowest BCUT2D eigenvalue weighted by Gasteiger charge is -2.44. The van der Waals surface area contributed by atoms with Crippen LogP contribution in [0.1, 0.15) is 68.8 Å². The Morgan fingerprint density at radius 2 is 1.93 bits per heavy atom. The minimum absolute atomic E-state index is 0.118. The molecule has 4 rings (SSSR count). The molecule has 1 aromatic heterocycles. The van der Waals surface area contributed by atoms with Gasteiger partial charge in [-0.05, 0) is 49.9 Å². The van der Waals surface area contributed by atoms with Gasteiger partial charge in [0.1, 0.15) is 5.82 Å². The molecule has 1 aromatic rings. The summed E-state index contributed by atoms with van der Waals surface area (Å²) in [7, 11) is 0. The van der Waals surface area contributed by atoms with E-state index in [1.165, 1.54) is 0 Å². The number of amides is 2. The van der Waals surface area contributed by atoms with Gasteiger partial charge in [0.05, 0.1) is 0 Å². The Morgan fingerprint density at radius 3 is 2.59 bits per heavy atom. The number of likely N-dealkylation sites (tertiary alicyclic amines) is 1. The van der Waals surface area contributed by atoms with Crippen molar-refractivity contribution in [2.75, 3.05) is 19.6 Å². The summed E-state index contributed by atoms with van der Waals surface area (Å²) in [6.45, 7) is 7.46. The minimum Gasteiger partial charge on any atom is -0.349 e. The fourth-order valence-corrected chi connectivity index (χ4v) is 4.40. The van der Waals surface area contributed by atoms with Crippen LogP contribution < -0.4 is 5.32 Å². The monoisotopic (exact) mass is 373 g/mol. The molecular formula is C20H31N5O2. The largest absolute Gasteiger partial charge is 0.349 e. The summed E-state index contributed by atoms with van der Waals surface area (Å²) in [5.74, 6) is 2.47. The lowest BCUT2D eigenvalue weighted by molar-refractivity contribution is -0.135. The number of nitrogens with one attached hydrogen (secondary N) is 1. The van der Waals surface area contributed by atoms with E-state index < -0.39 is 0 Å². The van der Waals surface area contributed by atoms with E-state index >= 15 is 0 Å². The highest BCUT2D eigenvalue weighted by Gasteiger charge is 2.42. The molecule has 1 N–H and O–H groups in total. The van der Waals surface area contributed by atoms with Gasteiger partial charge in [0.15, 0.2) is 0 Å². The lowest BCUT2D eigenvalue weighted by atomic mass is 9.73. The summed E-state index contributed by atoms with van der Waals surface area (Å²) in [5.41, 5.74) is 0.169. The van der Waals surface area contributed by atoms with Gasteiger partial charge in [-0.3, -0.25) is 9.59 Å². The number of hydrogen-bond donors (Lipinski definition) is 1. The van der Waals surface area contributed by atoms with Crippen LogP contribution in [0.25, 0.3) is 0 Å². The second-order valence-electron chi connectivity index (χ2n) is 9.06. The van der Waals surface area contributed by atoms with Gasteiger partial charge < -0.3 is 14.8 Å². The molecule has 0 unspecified atom stereocenters. The fourth-order valence-electron chi connectivity index (χ4n) is 4.40. The van der Waals surface area contributed by atoms with E-state index in [1.54, 1.807) is 0 Å². The summed E-state index contributed by atoms with van der Waals surface area (Å²) >= 11 is 0. The van der Waals surface area contributed by atoms with Crippen LogP contribution in [0.2, 0.25) is 0 Å². The average molecular weight is 374 g/mol. The first kappa shape index (κ1) is 18.4. The first-order valence-corrected chi connectivity index (χ1v) is 10.5. The van der Waals surface area contributed by atoms with Gasteiger partial charge in [-0.1, -0.05) is 13.8 Å². The van der Waals surface area contributed by atoms with Crippen LogP contribution >= 0.6 is 0 Å². The van der Waals surface area contributed by atoms with Crippen molar-refractivity contribution < 1.29 is 9.59 Å². The van der Waals surface area contributed by atoms with Crippen LogP contribution in [0.3, 0.4) is 0 Å². The Kier molecular flexibility index (Phi) is 4.95. The van der Waals surface area contributed by atoms with Crippen molar-refractivity contribution in [2.24, 2.45) is 17.3 Å². The second-order valence-corrected chi connectivity index (χ2v) is 9.06. The standard InChI is InChI=1S/C20H31N5O2/c1-14(2)6-10-21-18(26)17-23-22-16-5-7-20(13-25(16)17)8-11-24(12-9-20)19(27)15-3-4-15/h14-15H,3-13H2,1-2H3,(H,21,26). The number of hydrogen-bond acceptors (Lipinski definition) is 4. The highest BCUT2D eigenvalue weighted by molar-refractivity contribution is 5.90. The van der Waals surface area contributed by atoms with Crippen molar-refractivity contribution in [3.8, 4) is 0 Å². The molecule has 0 radical (unpaired) electrons. The molecule has 1 saturated carbocycles. The van der Waals surface area contributed by atoms with Crippen LogP contribution in [0.4, 0.5) is 0 Å². The molecule has 2 amide bonds. The van der Waals surface area contributed by atoms with Crippen molar-refractivity contribution in [3.05, 3.63) is 11.6 Å². The van der Waals surface area contributed by atoms with Crippen molar-refractivity contribution in [2.45, 2.75) is 65.3 Å². The molecule has 1 aliphatic carbocycles. The number of nitrogens with zero attached hydrogens (tertiary/aromatic N) is 4. The third kappa shape index (κ3) is 3.87. The fraction of sp³-hybridized carbons (Fsp3) is 0.800. The average Bonchev–Trinajstić information content (AvgIpc) is 3.41. The van der Waals surface area contributed by atoms with E-state index in [2.05, 4.69) is 34.3 Å². The number of fused-ring (bicyclic) bond motifs is 1. The third-order valence-corrected chi connectivity index (χ3v) is 6.47. The van der Waals surface area contributed by atoms with Gasteiger partial charge >= 0.3 is 0 Å². The number of aromatic nitrogens is 3. The smallest absolute Gasteiger partial charge is 0.289 e. The van der Waals surface area contributed by atoms with Crippen molar-refractivity contribution in [3.63, 3.8) is 0 Å². The molecule has 148 valence electrons. The zero-order chi connectivity index (χ0) is 19.0. The summed E-state index contributed by atoms with van der Waals surface area (Å²) < 4.78 is 2.03. The van der Waals surface area contributed by atoms with Gasteiger partial charge in [0, 0.05) is 38.5 Å². The van der Waals surface area contributed by atoms with E-state index in [9.17, 15) is 9.59 Å². The van der Waals surface area contributed by atoms with Crippen molar-refractivity contribution in [1.82, 2.24) is 25.0 Å². The molecule has 0 aromatic carbocycles. The van der Waals surface area contributed by atoms with Gasteiger partial charge in [-0.15, -0.1) is 10.2 Å². The molecule has 1 spiro atoms. The molecule has 7 heteroatoms. The number of carbonyl (C=O) groups excluding carboxylic acids is 2. The predicted molar refractivity (Wildman–Crippen MR) is 101 cm³/mol. The maximum absolute atomic E-state index is 12.6. The highest BCUT2D eigenvalue weighted by Crippen LogP contribution is 2.42. The Morgan fingerprint density at radius 1 is 1.19 bits per heavy atom. The van der Waals surface area contributed by atoms with E-state index in [1.807, 2.05) is 4.57 Å². The third-order valence-electron chi connectivity index (χ3n) is 6.47. The summed E-state index contributed by atoms with van der Waals surface area (Å²) in [6, 6.07) is 0. The molecule has 7 nitrogen and oxygen atoms in total. The van der Waals surface area contributed by atoms with Gasteiger partial charge in [0.25, 0.3) is 5.91 Å². The molecule has 3 aliphatic rings. The molecule has 3 heterocycles. The molecule has 27 heavy (non-hydrogen) atoms. The number of carbonyl (C=O) groups is 2. The van der Waals surface area contributed by atoms with Crippen molar-refractivity contribution in [1.29, 1.82) is 0 Å². The zero-order valence-electron chi connectivity index (χ0n) is 16.5. The summed E-state index contributed by atoms with van der Waals surface area (Å²) in [5, 5.41) is 11.4. The molecule has 0 bridgehead atoms. The topological polar surface area (TPSA) is 80.1 Å². The van der Waals surface area contributed by atoms with Gasteiger partial charge in [-0.2, -0.15) is 0 Å². The van der Waals surface area contributed by atoms with E-state index in [4.69, 9.17) is 0 Å². The number of piperidine rings is 1. The Balaban J connectivity index is 1.40. The number of aryl methyl sites for hydroxylation is 1. The van der Waals surface area contributed by atoms with Crippen LogP contribution in [-0.4, -0.2) is 51.1 Å². The first-order valence-electron chi connectivity index (χ1n) is 10.5. The zero-order valence-corrected chi connectivity index (χ0v) is 16.5. The second kappa shape index (κ2) is 7.24. The van der Waals surface area contributed by atoms with E-state index in [0.717, 1.165) is 70.4 Å². The maximum atomic E-state index is 12.6. The van der Waals surface area contributed by atoms with Crippen LogP contribution in [-0.2, 0) is 17.8 Å². The maximum Gasteiger partial charge on any atom is 0.289 e. The normalized spacial score (nSPS) is 21.4. The molecule has 0 atom stereocenters. The highest BCUT2D eigenvalue weighted by atomic mass is 16.2. The summed E-state index contributed by atoms with van der Waals surface area (Å²) in [6.07, 6.45) is 7.06. The first-order chi connectivity index (χ1) is 13.0. The number of rotatable bonds is 5. The lowest BCUT2D eigenvalue weighted by Crippen LogP contribution is -2.47. The SMILES string of the molecule is CC(C)CCNC(=O)c1nnc2n1CC1(CC2)CCN(C(=O)C2CC2)CC1. The van der Waals surface area contributed by atoms with Crippen LogP contribution in [0.5, 0.6) is 0 Å². The van der Waals surface area contributed by atoms with E-state index in [0.29, 0.717) is 30.1 Å². The van der Waals surface area contributed by atoms with Crippen LogP contribution in [0, 0.1) is 17.3 Å². The Bertz CT molecular complexity index is 714. The minimum atomic E-state index is -0.118. The predicted octanol–water partition coefficient (Wildman–Crippen LogP) is 2.02. The Labute approximate surface area is 160 Å². The van der Waals surface area contributed by atoms with Crippen LogP contribution in [0.15, 0.2) is 0 Å². The summed E-state index contributed by atoms with van der Waals surface area (Å²) in [4.78, 5) is 27.0. The quantitative estimate of drug-likeness (QED) is 0.856. The van der Waals surface area contributed by atoms with Gasteiger partial charge in [0.2, 0.25) is 11.7 Å². The molecular weight excluding hydrogens is 342 g/mol. The molecule has 1 saturated heterocycles. The van der Waals surface area contributed by atoms with Gasteiger partial charge in [-0.25, -0.2) is 0 Å².